The van der Waals surface area contributed by atoms with Gasteiger partial charge in [-0.3, -0.25) is 9.69 Å². The summed E-state index contributed by atoms with van der Waals surface area (Å²) in [6.45, 7) is 2.98. The Balaban J connectivity index is 1.14. The predicted molar refractivity (Wildman–Crippen MR) is 129 cm³/mol. The summed E-state index contributed by atoms with van der Waals surface area (Å²) < 4.78 is 14.1. The zero-order valence-electron chi connectivity index (χ0n) is 18.7. The zero-order valence-corrected chi connectivity index (χ0v) is 18.7. The van der Waals surface area contributed by atoms with Crippen LogP contribution in [0.15, 0.2) is 90.9 Å². The van der Waals surface area contributed by atoms with Crippen LogP contribution in [0.4, 0.5) is 4.39 Å². The highest BCUT2D eigenvalue weighted by atomic mass is 19.1. The van der Waals surface area contributed by atoms with Crippen LogP contribution in [0, 0.1) is 11.7 Å². The van der Waals surface area contributed by atoms with Crippen molar-refractivity contribution in [3.05, 3.63) is 108 Å². The van der Waals surface area contributed by atoms with Crippen LogP contribution in [0.25, 0.3) is 0 Å². The molecular formula is C28H30FN3O. The molecule has 0 unspecified atom stereocenters. The SMILES string of the molecule is O=C(c1ccccc1F)N1C=CC=CC(N2CCC(CN[C@@H]3C[C@H]3c3ccccc3)CC2)=C1. The van der Waals surface area contributed by atoms with Crippen molar-refractivity contribution < 1.29 is 9.18 Å². The van der Waals surface area contributed by atoms with Gasteiger partial charge in [0.25, 0.3) is 5.91 Å². The molecule has 3 aliphatic rings. The van der Waals surface area contributed by atoms with Crippen LogP contribution in [-0.2, 0) is 0 Å². The number of likely N-dealkylation sites (tertiary alicyclic amines) is 1. The third-order valence-electron chi connectivity index (χ3n) is 6.90. The summed E-state index contributed by atoms with van der Waals surface area (Å²) in [5, 5.41) is 3.78. The number of hydrogen-bond donors (Lipinski definition) is 1. The van der Waals surface area contributed by atoms with Gasteiger partial charge in [-0.2, -0.15) is 0 Å². The predicted octanol–water partition coefficient (Wildman–Crippen LogP) is 5.05. The van der Waals surface area contributed by atoms with Crippen molar-refractivity contribution in [2.24, 2.45) is 5.92 Å². The highest BCUT2D eigenvalue weighted by Gasteiger charge is 2.38. The van der Waals surface area contributed by atoms with Gasteiger partial charge in [0, 0.05) is 37.4 Å². The van der Waals surface area contributed by atoms with E-state index >= 15 is 0 Å². The number of nitrogens with zero attached hydrogens (tertiary/aromatic N) is 2. The van der Waals surface area contributed by atoms with E-state index in [0.29, 0.717) is 17.9 Å². The van der Waals surface area contributed by atoms with Crippen LogP contribution in [0.5, 0.6) is 0 Å². The summed E-state index contributed by atoms with van der Waals surface area (Å²) in [6, 6.07) is 17.5. The fraction of sp³-hybridized carbons (Fsp3) is 0.321. The lowest BCUT2D eigenvalue weighted by Gasteiger charge is -2.34. The first-order valence-corrected chi connectivity index (χ1v) is 11.9. The van der Waals surface area contributed by atoms with E-state index in [4.69, 9.17) is 0 Å². The van der Waals surface area contributed by atoms with Gasteiger partial charge in [0.1, 0.15) is 5.82 Å². The molecule has 2 aromatic carbocycles. The number of allylic oxidation sites excluding steroid dienone is 3. The van der Waals surface area contributed by atoms with Gasteiger partial charge < -0.3 is 10.2 Å². The van der Waals surface area contributed by atoms with Gasteiger partial charge in [-0.05, 0) is 61.6 Å². The lowest BCUT2D eigenvalue weighted by atomic mass is 9.96. The molecule has 1 aliphatic carbocycles. The van der Waals surface area contributed by atoms with E-state index in [0.717, 1.165) is 38.2 Å². The molecule has 0 aromatic heterocycles. The molecular weight excluding hydrogens is 413 g/mol. The highest BCUT2D eigenvalue weighted by molar-refractivity contribution is 5.96. The molecule has 0 radical (unpaired) electrons. The van der Waals surface area contributed by atoms with Crippen LogP contribution < -0.4 is 5.32 Å². The summed E-state index contributed by atoms with van der Waals surface area (Å²) in [5.41, 5.74) is 2.51. The maximum absolute atomic E-state index is 14.1. The van der Waals surface area contributed by atoms with Crippen molar-refractivity contribution in [1.29, 1.82) is 0 Å². The Bertz CT molecular complexity index is 1070. The van der Waals surface area contributed by atoms with Gasteiger partial charge in [-0.1, -0.05) is 48.5 Å². The Morgan fingerprint density at radius 2 is 1.76 bits per heavy atom. The monoisotopic (exact) mass is 443 g/mol. The van der Waals surface area contributed by atoms with Crippen molar-refractivity contribution in [3.63, 3.8) is 0 Å². The van der Waals surface area contributed by atoms with E-state index in [1.54, 1.807) is 18.3 Å². The Morgan fingerprint density at radius 3 is 2.55 bits per heavy atom. The van der Waals surface area contributed by atoms with E-state index in [1.807, 2.05) is 24.4 Å². The third kappa shape index (κ3) is 5.09. The number of nitrogens with one attached hydrogen (secondary N) is 1. The number of amides is 1. The first kappa shape index (κ1) is 21.7. The van der Waals surface area contributed by atoms with Crippen molar-refractivity contribution in [2.45, 2.75) is 31.2 Å². The molecule has 2 heterocycles. The fourth-order valence-corrected chi connectivity index (χ4v) is 4.81. The van der Waals surface area contributed by atoms with Crippen molar-refractivity contribution in [2.75, 3.05) is 19.6 Å². The lowest BCUT2D eigenvalue weighted by molar-refractivity contribution is 0.0862. The molecule has 5 heteroatoms. The molecule has 1 N–H and O–H groups in total. The maximum Gasteiger partial charge on any atom is 0.264 e. The molecule has 2 fully saturated rings. The van der Waals surface area contributed by atoms with Crippen LogP contribution in [0.3, 0.4) is 0 Å². The summed E-state index contributed by atoms with van der Waals surface area (Å²) in [7, 11) is 0. The molecule has 2 aromatic rings. The zero-order chi connectivity index (χ0) is 22.6. The van der Waals surface area contributed by atoms with Gasteiger partial charge >= 0.3 is 0 Å². The number of halogens is 1. The number of piperidine rings is 1. The van der Waals surface area contributed by atoms with Crippen LogP contribution in [-0.4, -0.2) is 41.4 Å². The second-order valence-corrected chi connectivity index (χ2v) is 9.14. The van der Waals surface area contributed by atoms with Gasteiger partial charge in [0.2, 0.25) is 0 Å². The van der Waals surface area contributed by atoms with Crippen molar-refractivity contribution in [1.82, 2.24) is 15.1 Å². The molecule has 5 rings (SSSR count). The minimum Gasteiger partial charge on any atom is -0.370 e. The summed E-state index contributed by atoms with van der Waals surface area (Å²) in [4.78, 5) is 16.7. The molecule has 1 saturated heterocycles. The van der Waals surface area contributed by atoms with E-state index < -0.39 is 5.82 Å². The summed E-state index contributed by atoms with van der Waals surface area (Å²) >= 11 is 0. The molecule has 2 aliphatic heterocycles. The second kappa shape index (κ2) is 9.75. The molecule has 2 atom stereocenters. The maximum atomic E-state index is 14.1. The topological polar surface area (TPSA) is 35.6 Å². The van der Waals surface area contributed by atoms with Crippen LogP contribution in [0.1, 0.15) is 41.1 Å². The minimum absolute atomic E-state index is 0.0818. The van der Waals surface area contributed by atoms with Gasteiger partial charge in [0.15, 0.2) is 0 Å². The van der Waals surface area contributed by atoms with Gasteiger partial charge in [-0.15, -0.1) is 0 Å². The van der Waals surface area contributed by atoms with E-state index in [9.17, 15) is 9.18 Å². The van der Waals surface area contributed by atoms with Crippen LogP contribution >= 0.6 is 0 Å². The third-order valence-corrected chi connectivity index (χ3v) is 6.90. The van der Waals surface area contributed by atoms with Crippen LogP contribution in [0.2, 0.25) is 0 Å². The van der Waals surface area contributed by atoms with Crippen molar-refractivity contribution in [3.8, 4) is 0 Å². The number of carbonyl (C=O) groups excluding carboxylic acids is 1. The fourth-order valence-electron chi connectivity index (χ4n) is 4.81. The highest BCUT2D eigenvalue weighted by Crippen LogP contribution is 2.40. The molecule has 0 spiro atoms. The molecule has 170 valence electrons. The van der Waals surface area contributed by atoms with E-state index in [1.165, 1.54) is 29.0 Å². The molecule has 1 saturated carbocycles. The Morgan fingerprint density at radius 1 is 1.00 bits per heavy atom. The Kier molecular flexibility index (Phi) is 6.40. The molecule has 0 bridgehead atoms. The first-order chi connectivity index (χ1) is 16.2. The average molecular weight is 444 g/mol. The van der Waals surface area contributed by atoms with E-state index in [-0.39, 0.29) is 11.5 Å². The first-order valence-electron chi connectivity index (χ1n) is 11.9. The average Bonchev–Trinajstić information content (AvgIpc) is 3.67. The molecule has 4 nitrogen and oxygen atoms in total. The number of carbonyl (C=O) groups is 1. The van der Waals surface area contributed by atoms with Gasteiger partial charge in [-0.25, -0.2) is 4.39 Å². The number of benzene rings is 2. The Hall–Kier alpha value is -3.18. The van der Waals surface area contributed by atoms with Gasteiger partial charge in [0.05, 0.1) is 11.3 Å². The standard InChI is InChI=1S/C28H30FN3O/c29-26-12-5-4-11-24(26)28(33)32-15-7-6-10-23(20-32)31-16-13-21(14-17-31)19-30-27-18-25(27)22-8-2-1-3-9-22/h1-12,15,20-21,25,27,30H,13-14,16-19H2/t25-,27+/m0/s1. The number of hydrogen-bond acceptors (Lipinski definition) is 3. The molecule has 33 heavy (non-hydrogen) atoms. The largest absolute Gasteiger partial charge is 0.370 e. The summed E-state index contributed by atoms with van der Waals surface area (Å²) in [5.74, 6) is 0.476. The summed E-state index contributed by atoms with van der Waals surface area (Å²) in [6.07, 6.45) is 12.8. The normalized spacial score (nSPS) is 22.8. The van der Waals surface area contributed by atoms with Crippen molar-refractivity contribution >= 4 is 5.91 Å². The lowest BCUT2D eigenvalue weighted by Crippen LogP contribution is -2.37. The number of rotatable bonds is 6. The minimum atomic E-state index is -0.499. The quantitative estimate of drug-likeness (QED) is 0.679. The molecule has 1 amide bonds. The van der Waals surface area contributed by atoms with E-state index in [2.05, 4.69) is 40.5 Å². The smallest absolute Gasteiger partial charge is 0.264 e. The second-order valence-electron chi connectivity index (χ2n) is 9.14. The Labute approximate surface area is 195 Å².